The molecule has 0 unspecified atom stereocenters. The lowest BCUT2D eigenvalue weighted by Gasteiger charge is -2.35. The number of hydrogen-bond donors (Lipinski definition) is 1. The van der Waals surface area contributed by atoms with Gasteiger partial charge in [-0.2, -0.15) is 5.10 Å². The molecule has 2 aromatic rings. The number of aromatic nitrogens is 2. The van der Waals surface area contributed by atoms with E-state index in [1.54, 1.807) is 22.8 Å². The Balaban J connectivity index is 0.00000300. The molecule has 0 spiro atoms. The lowest BCUT2D eigenvalue weighted by Crippen LogP contribution is -2.55. The van der Waals surface area contributed by atoms with Crippen LogP contribution in [0.3, 0.4) is 0 Å². The van der Waals surface area contributed by atoms with Gasteiger partial charge in [-0.1, -0.05) is 12.1 Å². The number of piperazine rings is 1. The van der Waals surface area contributed by atoms with Crippen LogP contribution in [-0.4, -0.2) is 59.8 Å². The highest BCUT2D eigenvalue weighted by molar-refractivity contribution is 14.0. The Morgan fingerprint density at radius 2 is 2.14 bits per heavy atom. The summed E-state index contributed by atoms with van der Waals surface area (Å²) in [6, 6.07) is 6.15. The summed E-state index contributed by atoms with van der Waals surface area (Å²) in [5, 5.41) is 7.51. The Kier molecular flexibility index (Phi) is 8.30. The van der Waals surface area contributed by atoms with Crippen molar-refractivity contribution in [3.8, 4) is 5.75 Å². The maximum absolute atomic E-state index is 12.6. The van der Waals surface area contributed by atoms with Crippen LogP contribution in [0.4, 0.5) is 5.69 Å². The second kappa shape index (κ2) is 10.5. The van der Waals surface area contributed by atoms with E-state index in [-0.39, 0.29) is 36.4 Å². The molecule has 0 atom stereocenters. The highest BCUT2D eigenvalue weighted by Crippen LogP contribution is 2.19. The van der Waals surface area contributed by atoms with Gasteiger partial charge in [-0.3, -0.25) is 14.5 Å². The van der Waals surface area contributed by atoms with E-state index >= 15 is 0 Å². The zero-order valence-corrected chi connectivity index (χ0v) is 19.7. The molecule has 0 aliphatic carbocycles. The summed E-state index contributed by atoms with van der Waals surface area (Å²) < 4.78 is 7.30. The number of guanidine groups is 1. The van der Waals surface area contributed by atoms with Gasteiger partial charge in [0.05, 0.1) is 18.5 Å². The average Bonchev–Trinajstić information content (AvgIpc) is 3.10. The van der Waals surface area contributed by atoms with Crippen LogP contribution in [0.5, 0.6) is 5.75 Å². The van der Waals surface area contributed by atoms with Gasteiger partial charge in [0.2, 0.25) is 5.91 Å². The molecular weight excluding hydrogens is 483 g/mol. The number of halogens is 1. The van der Waals surface area contributed by atoms with Crippen molar-refractivity contribution in [2.45, 2.75) is 20.4 Å². The second-order valence-corrected chi connectivity index (χ2v) is 6.77. The molecule has 1 amide bonds. The summed E-state index contributed by atoms with van der Waals surface area (Å²) in [6.45, 7) is 6.92. The van der Waals surface area contributed by atoms with Gasteiger partial charge >= 0.3 is 0 Å². The molecule has 1 aliphatic rings. The van der Waals surface area contributed by atoms with E-state index in [0.29, 0.717) is 26.2 Å². The fourth-order valence-corrected chi connectivity index (χ4v) is 3.33. The molecule has 8 nitrogen and oxygen atoms in total. The first-order valence-electron chi connectivity index (χ1n) is 9.48. The first-order chi connectivity index (χ1) is 13.5. The zero-order chi connectivity index (χ0) is 20.1. The van der Waals surface area contributed by atoms with Crippen LogP contribution in [0.25, 0.3) is 0 Å². The lowest BCUT2D eigenvalue weighted by atomic mass is 10.1. The largest absolute Gasteiger partial charge is 0.494 e. The van der Waals surface area contributed by atoms with Crippen LogP contribution in [0.15, 0.2) is 35.6 Å². The van der Waals surface area contributed by atoms with Crippen molar-refractivity contribution in [2.75, 3.05) is 38.2 Å². The molecule has 1 N–H and O–H groups in total. The third kappa shape index (κ3) is 5.62. The number of nitrogens with zero attached hydrogens (tertiary/aromatic N) is 5. The third-order valence-corrected chi connectivity index (χ3v) is 4.72. The number of anilines is 1. The van der Waals surface area contributed by atoms with E-state index in [1.807, 2.05) is 44.1 Å². The van der Waals surface area contributed by atoms with Crippen LogP contribution in [-0.2, 0) is 18.4 Å². The van der Waals surface area contributed by atoms with E-state index in [0.717, 1.165) is 28.5 Å². The molecule has 2 heterocycles. The number of aryl methyl sites for hydroxylation is 2. The zero-order valence-electron chi connectivity index (χ0n) is 17.4. The molecule has 29 heavy (non-hydrogen) atoms. The Morgan fingerprint density at radius 3 is 2.72 bits per heavy atom. The predicted molar refractivity (Wildman–Crippen MR) is 125 cm³/mol. The standard InChI is InChI=1S/C20H28N6O2.HI/c1-5-28-18-7-6-16(10-15(18)2)11-22-20(21-3)25-8-9-26(19(27)14-25)17-12-23-24(4)13-17;/h6-7,10,12-13H,5,8-9,11,14H2,1-4H3,(H,21,22);1H. The summed E-state index contributed by atoms with van der Waals surface area (Å²) in [4.78, 5) is 20.7. The monoisotopic (exact) mass is 512 g/mol. The van der Waals surface area contributed by atoms with E-state index in [1.165, 1.54) is 0 Å². The minimum atomic E-state index is 0. The highest BCUT2D eigenvalue weighted by Gasteiger charge is 2.27. The molecule has 0 radical (unpaired) electrons. The number of amides is 1. The number of hydrogen-bond acceptors (Lipinski definition) is 4. The molecule has 1 aliphatic heterocycles. The van der Waals surface area contributed by atoms with Crippen molar-refractivity contribution in [1.29, 1.82) is 0 Å². The third-order valence-electron chi connectivity index (χ3n) is 4.72. The van der Waals surface area contributed by atoms with Crippen molar-refractivity contribution in [1.82, 2.24) is 20.0 Å². The predicted octanol–water partition coefficient (Wildman–Crippen LogP) is 2.17. The van der Waals surface area contributed by atoms with Crippen molar-refractivity contribution >= 4 is 41.5 Å². The highest BCUT2D eigenvalue weighted by atomic mass is 127. The van der Waals surface area contributed by atoms with E-state index in [4.69, 9.17) is 4.74 Å². The molecule has 0 bridgehead atoms. The fraction of sp³-hybridized carbons (Fsp3) is 0.450. The van der Waals surface area contributed by atoms with E-state index in [9.17, 15) is 4.79 Å². The van der Waals surface area contributed by atoms with Gasteiger partial charge in [0.15, 0.2) is 5.96 Å². The number of aliphatic imine (C=N–C) groups is 1. The van der Waals surface area contributed by atoms with Crippen molar-refractivity contribution < 1.29 is 9.53 Å². The summed E-state index contributed by atoms with van der Waals surface area (Å²) >= 11 is 0. The van der Waals surface area contributed by atoms with Crippen LogP contribution in [0.1, 0.15) is 18.1 Å². The number of rotatable bonds is 5. The van der Waals surface area contributed by atoms with Crippen molar-refractivity contribution in [2.24, 2.45) is 12.0 Å². The van der Waals surface area contributed by atoms with Gasteiger partial charge in [-0.15, -0.1) is 24.0 Å². The van der Waals surface area contributed by atoms with Gasteiger partial charge in [-0.25, -0.2) is 0 Å². The molecular formula is C20H29IN6O2. The van der Waals surface area contributed by atoms with Crippen LogP contribution in [0.2, 0.25) is 0 Å². The van der Waals surface area contributed by atoms with Crippen LogP contribution >= 0.6 is 24.0 Å². The maximum Gasteiger partial charge on any atom is 0.246 e. The molecule has 1 saturated heterocycles. The lowest BCUT2D eigenvalue weighted by molar-refractivity contribution is -0.120. The summed E-state index contributed by atoms with van der Waals surface area (Å²) in [6.07, 6.45) is 3.57. The minimum Gasteiger partial charge on any atom is -0.494 e. The molecule has 1 aromatic heterocycles. The average molecular weight is 512 g/mol. The van der Waals surface area contributed by atoms with Crippen molar-refractivity contribution in [3.05, 3.63) is 41.7 Å². The van der Waals surface area contributed by atoms with Crippen molar-refractivity contribution in [3.63, 3.8) is 0 Å². The Bertz CT molecular complexity index is 866. The summed E-state index contributed by atoms with van der Waals surface area (Å²) in [5.41, 5.74) is 3.08. The van der Waals surface area contributed by atoms with E-state index in [2.05, 4.69) is 21.5 Å². The number of benzene rings is 1. The number of carbonyl (C=O) groups excluding carboxylic acids is 1. The topological polar surface area (TPSA) is 75.0 Å². The second-order valence-electron chi connectivity index (χ2n) is 6.77. The van der Waals surface area contributed by atoms with Gasteiger partial charge in [-0.05, 0) is 31.0 Å². The number of carbonyl (C=O) groups is 1. The Labute approximate surface area is 188 Å². The maximum atomic E-state index is 12.6. The molecule has 9 heteroatoms. The van der Waals surface area contributed by atoms with E-state index < -0.39 is 0 Å². The molecule has 1 aromatic carbocycles. The number of nitrogens with one attached hydrogen (secondary N) is 1. The van der Waals surface area contributed by atoms with Gasteiger partial charge < -0.3 is 19.9 Å². The smallest absolute Gasteiger partial charge is 0.246 e. The number of ether oxygens (including phenoxy) is 1. The van der Waals surface area contributed by atoms with Gasteiger partial charge in [0.25, 0.3) is 0 Å². The summed E-state index contributed by atoms with van der Waals surface area (Å²) in [5.74, 6) is 1.68. The first kappa shape index (κ1) is 23.0. The summed E-state index contributed by atoms with van der Waals surface area (Å²) in [7, 11) is 3.59. The first-order valence-corrected chi connectivity index (χ1v) is 9.48. The molecule has 1 fully saturated rings. The Hall–Kier alpha value is -2.30. The molecule has 158 valence electrons. The van der Waals surface area contributed by atoms with Crippen LogP contribution < -0.4 is 15.0 Å². The van der Waals surface area contributed by atoms with Gasteiger partial charge in [0, 0.05) is 39.9 Å². The SMILES string of the molecule is CCOc1ccc(CNC(=NC)N2CCN(c3cnn(C)c3)C(=O)C2)cc1C.I. The normalized spacial score (nSPS) is 14.6. The molecule has 0 saturated carbocycles. The minimum absolute atomic E-state index is 0. The quantitative estimate of drug-likeness (QED) is 0.378. The molecule has 3 rings (SSSR count). The van der Waals surface area contributed by atoms with Crippen LogP contribution in [0, 0.1) is 6.92 Å². The van der Waals surface area contributed by atoms with Gasteiger partial charge in [0.1, 0.15) is 12.3 Å². The Morgan fingerprint density at radius 1 is 1.34 bits per heavy atom. The fourth-order valence-electron chi connectivity index (χ4n) is 3.33.